The van der Waals surface area contributed by atoms with Crippen LogP contribution in [0.15, 0.2) is 12.2 Å². The number of hydrogen-bond acceptors (Lipinski definition) is 1. The summed E-state index contributed by atoms with van der Waals surface area (Å²) in [7, 11) is 0. The fourth-order valence-corrected chi connectivity index (χ4v) is 2.36. The van der Waals surface area contributed by atoms with E-state index >= 15 is 0 Å². The molecule has 0 heterocycles. The third-order valence-corrected chi connectivity index (χ3v) is 3.03. The number of rotatable bonds is 0. The van der Waals surface area contributed by atoms with Gasteiger partial charge in [0.2, 0.25) is 0 Å². The highest BCUT2D eigenvalue weighted by Crippen LogP contribution is 2.45. The second kappa shape index (κ2) is 1.85. The highest BCUT2D eigenvalue weighted by molar-refractivity contribution is 5.11. The van der Waals surface area contributed by atoms with Crippen LogP contribution >= 0.6 is 0 Å². The van der Waals surface area contributed by atoms with Crippen LogP contribution in [-0.4, -0.2) is 10.7 Å². The van der Waals surface area contributed by atoms with Gasteiger partial charge < -0.3 is 5.11 Å². The van der Waals surface area contributed by atoms with Crippen LogP contribution in [0.2, 0.25) is 0 Å². The van der Waals surface area contributed by atoms with E-state index in [-0.39, 0.29) is 0 Å². The zero-order valence-electron chi connectivity index (χ0n) is 6.38. The molecule has 1 nitrogen and oxygen atoms in total. The Labute approximate surface area is 61.8 Å². The molecule has 2 aliphatic carbocycles. The van der Waals surface area contributed by atoms with Crippen LogP contribution in [0.25, 0.3) is 0 Å². The Kier molecular flexibility index (Phi) is 1.19. The Morgan fingerprint density at radius 1 is 1.60 bits per heavy atom. The van der Waals surface area contributed by atoms with Gasteiger partial charge in [-0.05, 0) is 32.1 Å². The van der Waals surface area contributed by atoms with Gasteiger partial charge >= 0.3 is 0 Å². The smallest absolute Gasteiger partial charge is 0.0684 e. The summed E-state index contributed by atoms with van der Waals surface area (Å²) in [5, 5.41) is 9.81. The summed E-state index contributed by atoms with van der Waals surface area (Å²) in [6.45, 7) is 1.97. The molecule has 0 aromatic rings. The monoisotopic (exact) mass is 138 g/mol. The molecule has 0 aliphatic heterocycles. The molecule has 0 aromatic heterocycles. The highest BCUT2D eigenvalue weighted by Gasteiger charge is 2.43. The van der Waals surface area contributed by atoms with Gasteiger partial charge in [0.1, 0.15) is 0 Å². The second-order valence-electron chi connectivity index (χ2n) is 3.85. The van der Waals surface area contributed by atoms with Crippen molar-refractivity contribution in [2.75, 3.05) is 0 Å². The maximum absolute atomic E-state index is 9.81. The fraction of sp³-hybridized carbons (Fsp3) is 0.778. The van der Waals surface area contributed by atoms with Gasteiger partial charge in [0, 0.05) is 5.92 Å². The van der Waals surface area contributed by atoms with E-state index in [0.717, 1.165) is 12.3 Å². The Balaban J connectivity index is 2.23. The molecule has 1 heteroatoms. The minimum absolute atomic E-state index is 0.391. The summed E-state index contributed by atoms with van der Waals surface area (Å²) in [5.74, 6) is 1.22. The van der Waals surface area contributed by atoms with Gasteiger partial charge in [-0.25, -0.2) is 0 Å². The minimum Gasteiger partial charge on any atom is -0.390 e. The normalized spacial score (nSPS) is 51.8. The van der Waals surface area contributed by atoms with Crippen molar-refractivity contribution in [3.8, 4) is 0 Å². The number of fused-ring (bicyclic) bond motifs is 1. The zero-order chi connectivity index (χ0) is 7.19. The highest BCUT2D eigenvalue weighted by atomic mass is 16.3. The molecule has 2 aliphatic rings. The van der Waals surface area contributed by atoms with Crippen molar-refractivity contribution in [3.63, 3.8) is 0 Å². The van der Waals surface area contributed by atoms with Crippen molar-refractivity contribution >= 4 is 0 Å². The summed E-state index contributed by atoms with van der Waals surface area (Å²) >= 11 is 0. The van der Waals surface area contributed by atoms with E-state index in [1.807, 2.05) is 6.92 Å². The van der Waals surface area contributed by atoms with Crippen molar-refractivity contribution in [1.82, 2.24) is 0 Å². The predicted octanol–water partition coefficient (Wildman–Crippen LogP) is 1.72. The quantitative estimate of drug-likeness (QED) is 0.505. The van der Waals surface area contributed by atoms with Gasteiger partial charge in [-0.3, -0.25) is 0 Å². The molecular formula is C9H14O. The minimum atomic E-state index is -0.391. The van der Waals surface area contributed by atoms with Crippen LogP contribution in [0.5, 0.6) is 0 Å². The molecule has 0 aromatic carbocycles. The first-order valence-electron chi connectivity index (χ1n) is 4.09. The first-order chi connectivity index (χ1) is 4.70. The largest absolute Gasteiger partial charge is 0.390 e. The van der Waals surface area contributed by atoms with E-state index in [1.165, 1.54) is 12.8 Å². The Morgan fingerprint density at radius 3 is 3.10 bits per heavy atom. The lowest BCUT2D eigenvalue weighted by Gasteiger charge is -2.23. The molecule has 1 saturated carbocycles. The molecule has 56 valence electrons. The molecule has 2 rings (SSSR count). The van der Waals surface area contributed by atoms with E-state index in [1.54, 1.807) is 0 Å². The van der Waals surface area contributed by atoms with Gasteiger partial charge in [-0.1, -0.05) is 12.2 Å². The maximum atomic E-state index is 9.81. The first-order valence-corrected chi connectivity index (χ1v) is 4.09. The number of aliphatic hydroxyl groups is 1. The average molecular weight is 138 g/mol. The van der Waals surface area contributed by atoms with Crippen molar-refractivity contribution in [2.24, 2.45) is 11.8 Å². The fourth-order valence-electron chi connectivity index (χ4n) is 2.36. The SMILES string of the molecule is C[C@]1(O)CC[C@H]2CC=C[C@H]21. The number of allylic oxidation sites excluding steroid dienone is 1. The Hall–Kier alpha value is -0.300. The molecule has 0 unspecified atom stereocenters. The lowest BCUT2D eigenvalue weighted by atomic mass is 9.90. The van der Waals surface area contributed by atoms with Crippen LogP contribution in [0.4, 0.5) is 0 Å². The van der Waals surface area contributed by atoms with Gasteiger partial charge in [0.15, 0.2) is 0 Å². The standard InChI is InChI=1S/C9H14O/c1-9(10)6-5-7-3-2-4-8(7)9/h2,4,7-8,10H,3,5-6H2,1H3/t7-,8-,9+/m1/s1. The van der Waals surface area contributed by atoms with Gasteiger partial charge in [-0.15, -0.1) is 0 Å². The molecule has 0 amide bonds. The van der Waals surface area contributed by atoms with Crippen molar-refractivity contribution in [2.45, 2.75) is 31.8 Å². The molecule has 1 fully saturated rings. The van der Waals surface area contributed by atoms with Crippen LogP contribution in [0.1, 0.15) is 26.2 Å². The summed E-state index contributed by atoms with van der Waals surface area (Å²) < 4.78 is 0. The second-order valence-corrected chi connectivity index (χ2v) is 3.85. The summed E-state index contributed by atoms with van der Waals surface area (Å²) in [5.41, 5.74) is -0.391. The number of hydrogen-bond donors (Lipinski definition) is 1. The Bertz CT molecular complexity index is 170. The first kappa shape index (κ1) is 6.41. The van der Waals surface area contributed by atoms with Crippen molar-refractivity contribution in [1.29, 1.82) is 0 Å². The third kappa shape index (κ3) is 0.734. The zero-order valence-corrected chi connectivity index (χ0v) is 6.38. The lowest BCUT2D eigenvalue weighted by Crippen LogP contribution is -2.28. The van der Waals surface area contributed by atoms with Gasteiger partial charge in [0.25, 0.3) is 0 Å². The summed E-state index contributed by atoms with van der Waals surface area (Å²) in [6.07, 6.45) is 7.80. The van der Waals surface area contributed by atoms with E-state index < -0.39 is 5.60 Å². The maximum Gasteiger partial charge on any atom is 0.0684 e. The predicted molar refractivity (Wildman–Crippen MR) is 40.6 cm³/mol. The summed E-state index contributed by atoms with van der Waals surface area (Å²) in [4.78, 5) is 0. The van der Waals surface area contributed by atoms with Crippen LogP contribution in [-0.2, 0) is 0 Å². The molecule has 3 atom stereocenters. The molecule has 10 heavy (non-hydrogen) atoms. The summed E-state index contributed by atoms with van der Waals surface area (Å²) in [6, 6.07) is 0. The van der Waals surface area contributed by atoms with E-state index in [0.29, 0.717) is 5.92 Å². The molecule has 0 spiro atoms. The van der Waals surface area contributed by atoms with E-state index in [9.17, 15) is 5.11 Å². The average Bonchev–Trinajstić information content (AvgIpc) is 2.36. The Morgan fingerprint density at radius 2 is 2.40 bits per heavy atom. The topological polar surface area (TPSA) is 20.2 Å². The molecule has 0 radical (unpaired) electrons. The van der Waals surface area contributed by atoms with Gasteiger partial charge in [0.05, 0.1) is 5.60 Å². The lowest BCUT2D eigenvalue weighted by molar-refractivity contribution is 0.0333. The van der Waals surface area contributed by atoms with Crippen molar-refractivity contribution in [3.05, 3.63) is 12.2 Å². The van der Waals surface area contributed by atoms with Crippen LogP contribution < -0.4 is 0 Å². The third-order valence-electron chi connectivity index (χ3n) is 3.03. The molecule has 1 N–H and O–H groups in total. The van der Waals surface area contributed by atoms with E-state index in [4.69, 9.17) is 0 Å². The van der Waals surface area contributed by atoms with Crippen LogP contribution in [0, 0.1) is 11.8 Å². The molecule has 0 saturated heterocycles. The molecular weight excluding hydrogens is 124 g/mol. The van der Waals surface area contributed by atoms with Crippen molar-refractivity contribution < 1.29 is 5.11 Å². The van der Waals surface area contributed by atoms with Gasteiger partial charge in [-0.2, -0.15) is 0 Å². The van der Waals surface area contributed by atoms with E-state index in [2.05, 4.69) is 12.2 Å². The van der Waals surface area contributed by atoms with Crippen LogP contribution in [0.3, 0.4) is 0 Å². The molecule has 0 bridgehead atoms.